The van der Waals surface area contributed by atoms with Crippen molar-refractivity contribution in [1.29, 1.82) is 0 Å². The SMILES string of the molecule is Cc1cccc(CNC(=O)c2ccc(Cl)c(S(=O)(=O)Nc3cccc(C)c3C)c2)c1. The lowest BCUT2D eigenvalue weighted by atomic mass is 10.1. The molecule has 0 bridgehead atoms. The van der Waals surface area contributed by atoms with Gasteiger partial charge in [-0.2, -0.15) is 0 Å². The molecule has 1 amide bonds. The molecule has 0 fully saturated rings. The summed E-state index contributed by atoms with van der Waals surface area (Å²) in [4.78, 5) is 12.4. The normalized spacial score (nSPS) is 11.2. The van der Waals surface area contributed by atoms with Crippen molar-refractivity contribution in [3.05, 3.63) is 93.5 Å². The van der Waals surface area contributed by atoms with Crippen molar-refractivity contribution in [2.45, 2.75) is 32.2 Å². The number of halogens is 1. The minimum atomic E-state index is -3.97. The van der Waals surface area contributed by atoms with E-state index in [1.807, 2.05) is 51.1 Å². The molecule has 30 heavy (non-hydrogen) atoms. The predicted octanol–water partition coefficient (Wildman–Crippen LogP) is 5.00. The number of sulfonamides is 1. The van der Waals surface area contributed by atoms with Crippen LogP contribution in [-0.2, 0) is 16.6 Å². The molecule has 3 aromatic carbocycles. The minimum Gasteiger partial charge on any atom is -0.348 e. The average molecular weight is 443 g/mol. The van der Waals surface area contributed by atoms with E-state index in [0.717, 1.165) is 22.3 Å². The van der Waals surface area contributed by atoms with Crippen molar-refractivity contribution in [2.24, 2.45) is 0 Å². The van der Waals surface area contributed by atoms with Crippen LogP contribution >= 0.6 is 11.6 Å². The topological polar surface area (TPSA) is 75.3 Å². The zero-order valence-corrected chi connectivity index (χ0v) is 18.6. The van der Waals surface area contributed by atoms with E-state index in [-0.39, 0.29) is 21.4 Å². The summed E-state index contributed by atoms with van der Waals surface area (Å²) in [5, 5.41) is 2.85. The third kappa shape index (κ3) is 5.01. The standard InChI is InChI=1S/C23H23ClN2O3S/c1-15-6-4-8-18(12-15)14-25-23(27)19-10-11-20(24)22(13-19)30(28,29)26-21-9-5-7-16(2)17(21)3/h4-13,26H,14H2,1-3H3,(H,25,27). The number of rotatable bonds is 6. The lowest BCUT2D eigenvalue weighted by molar-refractivity contribution is 0.0950. The first kappa shape index (κ1) is 21.9. The number of benzene rings is 3. The largest absolute Gasteiger partial charge is 0.348 e. The van der Waals surface area contributed by atoms with E-state index < -0.39 is 10.0 Å². The van der Waals surface area contributed by atoms with E-state index in [4.69, 9.17) is 11.6 Å². The Morgan fingerprint density at radius 1 is 0.967 bits per heavy atom. The van der Waals surface area contributed by atoms with Gasteiger partial charge in [0.1, 0.15) is 4.90 Å². The van der Waals surface area contributed by atoms with Gasteiger partial charge in [0.25, 0.3) is 15.9 Å². The number of anilines is 1. The van der Waals surface area contributed by atoms with Crippen LogP contribution in [-0.4, -0.2) is 14.3 Å². The molecule has 5 nitrogen and oxygen atoms in total. The highest BCUT2D eigenvalue weighted by molar-refractivity contribution is 7.92. The first-order chi connectivity index (χ1) is 14.2. The summed E-state index contributed by atoms with van der Waals surface area (Å²) in [7, 11) is -3.97. The molecule has 0 unspecified atom stereocenters. The second-order valence-corrected chi connectivity index (χ2v) is 9.23. The van der Waals surface area contributed by atoms with Gasteiger partial charge in [-0.25, -0.2) is 8.42 Å². The summed E-state index contributed by atoms with van der Waals surface area (Å²) in [5.74, 6) is -0.378. The van der Waals surface area contributed by atoms with Gasteiger partial charge >= 0.3 is 0 Å². The lowest BCUT2D eigenvalue weighted by Crippen LogP contribution is -2.23. The highest BCUT2D eigenvalue weighted by Crippen LogP contribution is 2.27. The van der Waals surface area contributed by atoms with Crippen LogP contribution in [0.15, 0.2) is 65.6 Å². The number of hydrogen-bond donors (Lipinski definition) is 2. The van der Waals surface area contributed by atoms with Crippen molar-refractivity contribution < 1.29 is 13.2 Å². The minimum absolute atomic E-state index is 0.0445. The zero-order chi connectivity index (χ0) is 21.9. The van der Waals surface area contributed by atoms with Crippen molar-refractivity contribution in [2.75, 3.05) is 4.72 Å². The first-order valence-corrected chi connectivity index (χ1v) is 11.3. The van der Waals surface area contributed by atoms with E-state index in [1.54, 1.807) is 12.1 Å². The molecule has 0 saturated heterocycles. The molecule has 2 N–H and O–H groups in total. The number of hydrogen-bond acceptors (Lipinski definition) is 3. The fraction of sp³-hybridized carbons (Fsp3) is 0.174. The van der Waals surface area contributed by atoms with Crippen molar-refractivity contribution in [1.82, 2.24) is 5.32 Å². The molecule has 0 atom stereocenters. The highest BCUT2D eigenvalue weighted by Gasteiger charge is 2.21. The number of amides is 1. The van der Waals surface area contributed by atoms with Gasteiger partial charge in [-0.15, -0.1) is 0 Å². The monoisotopic (exact) mass is 442 g/mol. The van der Waals surface area contributed by atoms with Crippen molar-refractivity contribution >= 4 is 33.2 Å². The molecule has 156 valence electrons. The maximum Gasteiger partial charge on any atom is 0.263 e. The van der Waals surface area contributed by atoms with Gasteiger partial charge in [-0.3, -0.25) is 9.52 Å². The second-order valence-electron chi connectivity index (χ2n) is 7.17. The summed E-state index contributed by atoms with van der Waals surface area (Å²) in [5.41, 5.74) is 4.53. The fourth-order valence-electron chi connectivity index (χ4n) is 3.02. The third-order valence-electron chi connectivity index (χ3n) is 4.87. The predicted molar refractivity (Wildman–Crippen MR) is 121 cm³/mol. The molecule has 3 aromatic rings. The molecule has 3 rings (SSSR count). The Labute approximate surface area is 182 Å². The van der Waals surface area contributed by atoms with E-state index in [0.29, 0.717) is 12.2 Å². The van der Waals surface area contributed by atoms with Gasteiger partial charge in [0.15, 0.2) is 0 Å². The Balaban J connectivity index is 1.83. The van der Waals surface area contributed by atoms with Crippen LogP contribution in [0.25, 0.3) is 0 Å². The van der Waals surface area contributed by atoms with Gasteiger partial charge in [0, 0.05) is 12.1 Å². The number of nitrogens with one attached hydrogen (secondary N) is 2. The first-order valence-electron chi connectivity index (χ1n) is 9.40. The lowest BCUT2D eigenvalue weighted by Gasteiger charge is -2.14. The number of carbonyl (C=O) groups excluding carboxylic acids is 1. The second kappa shape index (κ2) is 8.90. The molecule has 0 aliphatic rings. The molecule has 0 heterocycles. The van der Waals surface area contributed by atoms with Crippen LogP contribution in [0.2, 0.25) is 5.02 Å². The maximum absolute atomic E-state index is 13.0. The fourth-order valence-corrected chi connectivity index (χ4v) is 4.67. The molecular weight excluding hydrogens is 420 g/mol. The van der Waals surface area contributed by atoms with E-state index in [9.17, 15) is 13.2 Å². The molecule has 0 spiro atoms. The number of aryl methyl sites for hydroxylation is 2. The zero-order valence-electron chi connectivity index (χ0n) is 17.0. The summed E-state index contributed by atoms with van der Waals surface area (Å²) in [6.07, 6.45) is 0. The van der Waals surface area contributed by atoms with Gasteiger partial charge in [-0.1, -0.05) is 53.6 Å². The van der Waals surface area contributed by atoms with Crippen LogP contribution < -0.4 is 10.0 Å². The molecular formula is C23H23ClN2O3S. The van der Waals surface area contributed by atoms with Crippen molar-refractivity contribution in [3.8, 4) is 0 Å². The average Bonchev–Trinajstić information content (AvgIpc) is 2.70. The third-order valence-corrected chi connectivity index (χ3v) is 6.71. The summed E-state index contributed by atoms with van der Waals surface area (Å²) < 4.78 is 28.5. The summed E-state index contributed by atoms with van der Waals surface area (Å²) in [6.45, 7) is 6.06. The molecule has 0 aromatic heterocycles. The Morgan fingerprint density at radius 3 is 2.43 bits per heavy atom. The van der Waals surface area contributed by atoms with Crippen LogP contribution in [0, 0.1) is 20.8 Å². The van der Waals surface area contributed by atoms with Crippen LogP contribution in [0.4, 0.5) is 5.69 Å². The molecule has 7 heteroatoms. The van der Waals surface area contributed by atoms with Crippen molar-refractivity contribution in [3.63, 3.8) is 0 Å². The summed E-state index contributed by atoms with van der Waals surface area (Å²) in [6, 6.07) is 17.4. The van der Waals surface area contributed by atoms with E-state index in [1.165, 1.54) is 18.2 Å². The summed E-state index contributed by atoms with van der Waals surface area (Å²) >= 11 is 6.16. The van der Waals surface area contributed by atoms with E-state index >= 15 is 0 Å². The Hall–Kier alpha value is -2.83. The maximum atomic E-state index is 13.0. The Bertz CT molecular complexity index is 1210. The molecule has 0 aliphatic carbocycles. The molecule has 0 saturated carbocycles. The Kier molecular flexibility index (Phi) is 6.48. The molecule has 0 radical (unpaired) electrons. The van der Waals surface area contributed by atoms with E-state index in [2.05, 4.69) is 10.0 Å². The van der Waals surface area contributed by atoms with Gasteiger partial charge in [-0.05, 0) is 61.7 Å². The smallest absolute Gasteiger partial charge is 0.263 e. The van der Waals surface area contributed by atoms with Gasteiger partial charge < -0.3 is 5.32 Å². The van der Waals surface area contributed by atoms with Gasteiger partial charge in [0.05, 0.1) is 10.7 Å². The van der Waals surface area contributed by atoms with Gasteiger partial charge in [0.2, 0.25) is 0 Å². The van der Waals surface area contributed by atoms with Crippen LogP contribution in [0.5, 0.6) is 0 Å². The quantitative estimate of drug-likeness (QED) is 0.564. The Morgan fingerprint density at radius 2 is 1.70 bits per heavy atom. The van der Waals surface area contributed by atoms with Crippen LogP contribution in [0.3, 0.4) is 0 Å². The highest BCUT2D eigenvalue weighted by atomic mass is 35.5. The van der Waals surface area contributed by atoms with Crippen LogP contribution in [0.1, 0.15) is 32.6 Å². The molecule has 0 aliphatic heterocycles. The number of carbonyl (C=O) groups is 1.